The maximum absolute atomic E-state index is 11.9. The summed E-state index contributed by atoms with van der Waals surface area (Å²) < 4.78 is 5.05. The molecule has 3 amide bonds. The van der Waals surface area contributed by atoms with Gasteiger partial charge < -0.3 is 20.8 Å². The summed E-state index contributed by atoms with van der Waals surface area (Å²) in [5.74, 6) is -1.07. The topological polar surface area (TPSA) is 114 Å². The van der Waals surface area contributed by atoms with Crippen LogP contribution < -0.4 is 16.4 Å². The molecule has 4 N–H and O–H groups in total. The van der Waals surface area contributed by atoms with Crippen molar-refractivity contribution in [3.63, 3.8) is 0 Å². The van der Waals surface area contributed by atoms with Crippen molar-refractivity contribution in [3.8, 4) is 0 Å². The molecule has 0 bridgehead atoms. The molecule has 2 rings (SSSR count). The lowest BCUT2D eigenvalue weighted by molar-refractivity contribution is -0.127. The minimum atomic E-state index is -0.842. The van der Waals surface area contributed by atoms with Gasteiger partial charge in [0.15, 0.2) is 0 Å². The van der Waals surface area contributed by atoms with Crippen molar-refractivity contribution in [1.29, 1.82) is 0 Å². The van der Waals surface area contributed by atoms with Crippen LogP contribution in [0.2, 0.25) is 0 Å². The zero-order chi connectivity index (χ0) is 18.1. The Morgan fingerprint density at radius 3 is 2.52 bits per heavy atom. The van der Waals surface area contributed by atoms with E-state index in [0.717, 1.165) is 5.56 Å². The second-order valence-corrected chi connectivity index (χ2v) is 5.28. The maximum atomic E-state index is 11.9. The van der Waals surface area contributed by atoms with Crippen LogP contribution in [0.15, 0.2) is 59.2 Å². The summed E-state index contributed by atoms with van der Waals surface area (Å²) >= 11 is 0. The molecule has 0 unspecified atom stereocenters. The quantitative estimate of drug-likeness (QED) is 0.611. The van der Waals surface area contributed by atoms with Crippen molar-refractivity contribution in [2.24, 2.45) is 5.73 Å². The lowest BCUT2D eigenvalue weighted by atomic mass is 10.1. The zero-order valence-corrected chi connectivity index (χ0v) is 13.5. The number of rotatable bonds is 8. The average Bonchev–Trinajstić information content (AvgIpc) is 3.12. The van der Waals surface area contributed by atoms with Gasteiger partial charge in [-0.3, -0.25) is 14.4 Å². The molecule has 0 aliphatic rings. The van der Waals surface area contributed by atoms with E-state index in [4.69, 9.17) is 10.2 Å². The Balaban J connectivity index is 1.80. The van der Waals surface area contributed by atoms with Crippen molar-refractivity contribution >= 4 is 23.8 Å². The fourth-order valence-electron chi connectivity index (χ4n) is 2.09. The molecule has 7 heteroatoms. The van der Waals surface area contributed by atoms with Crippen LogP contribution in [-0.2, 0) is 20.8 Å². The van der Waals surface area contributed by atoms with Crippen molar-refractivity contribution in [3.05, 3.63) is 66.1 Å². The molecular formula is C18H19N3O4. The largest absolute Gasteiger partial charge is 0.465 e. The molecular weight excluding hydrogens is 322 g/mol. The van der Waals surface area contributed by atoms with Gasteiger partial charge in [-0.15, -0.1) is 0 Å². The predicted octanol–water partition coefficient (Wildman–Crippen LogP) is 0.622. The minimum absolute atomic E-state index is 0.264. The van der Waals surface area contributed by atoms with Crippen LogP contribution in [0, 0.1) is 0 Å². The van der Waals surface area contributed by atoms with E-state index in [-0.39, 0.29) is 13.0 Å². The number of primary amides is 1. The molecule has 1 heterocycles. The van der Waals surface area contributed by atoms with E-state index in [0.29, 0.717) is 5.76 Å². The highest BCUT2D eigenvalue weighted by Crippen LogP contribution is 2.03. The predicted molar refractivity (Wildman–Crippen MR) is 92.0 cm³/mol. The number of carbonyl (C=O) groups excluding carboxylic acids is 3. The fourth-order valence-corrected chi connectivity index (χ4v) is 2.09. The summed E-state index contributed by atoms with van der Waals surface area (Å²) in [5, 5.41) is 4.94. The summed E-state index contributed by atoms with van der Waals surface area (Å²) in [4.78, 5) is 35.1. The van der Waals surface area contributed by atoms with Crippen LogP contribution in [0.25, 0.3) is 6.08 Å². The van der Waals surface area contributed by atoms with Gasteiger partial charge in [-0.2, -0.15) is 0 Å². The molecule has 7 nitrogen and oxygen atoms in total. The van der Waals surface area contributed by atoms with Crippen LogP contribution in [0.3, 0.4) is 0 Å². The number of hydrogen-bond donors (Lipinski definition) is 3. The third-order valence-corrected chi connectivity index (χ3v) is 3.33. The first-order chi connectivity index (χ1) is 12.0. The van der Waals surface area contributed by atoms with E-state index in [1.165, 1.54) is 18.4 Å². The first-order valence-corrected chi connectivity index (χ1v) is 7.66. The van der Waals surface area contributed by atoms with Gasteiger partial charge in [0.05, 0.1) is 12.8 Å². The number of amides is 3. The SMILES string of the molecule is NC(=O)[C@H](Cc1ccccc1)NC(=O)CNC(=O)/C=C\c1ccco1. The summed E-state index contributed by atoms with van der Waals surface area (Å²) in [6, 6.07) is 11.7. The Bertz CT molecular complexity index is 739. The molecule has 0 aliphatic heterocycles. The van der Waals surface area contributed by atoms with E-state index in [9.17, 15) is 14.4 Å². The minimum Gasteiger partial charge on any atom is -0.465 e. The molecule has 0 saturated carbocycles. The first kappa shape index (κ1) is 18.0. The Kier molecular flexibility index (Phi) is 6.53. The highest BCUT2D eigenvalue weighted by atomic mass is 16.3. The van der Waals surface area contributed by atoms with Crippen molar-refractivity contribution in [2.45, 2.75) is 12.5 Å². The standard InChI is InChI=1S/C18H19N3O4/c19-18(24)15(11-13-5-2-1-3-6-13)21-17(23)12-20-16(22)9-8-14-7-4-10-25-14/h1-10,15H,11-12H2,(H2,19,24)(H,20,22)(H,21,23)/b9-8-/t15-/m0/s1. The molecule has 0 spiro atoms. The van der Waals surface area contributed by atoms with Crippen LogP contribution in [0.5, 0.6) is 0 Å². The van der Waals surface area contributed by atoms with Crippen molar-refractivity contribution in [1.82, 2.24) is 10.6 Å². The number of nitrogens with two attached hydrogens (primary N) is 1. The Labute approximate surface area is 144 Å². The second kappa shape index (κ2) is 9.07. The zero-order valence-electron chi connectivity index (χ0n) is 13.5. The van der Waals surface area contributed by atoms with Gasteiger partial charge in [-0.05, 0) is 23.8 Å². The van der Waals surface area contributed by atoms with Crippen molar-refractivity contribution in [2.75, 3.05) is 6.54 Å². The molecule has 0 aliphatic carbocycles. The molecule has 0 radical (unpaired) electrons. The molecule has 25 heavy (non-hydrogen) atoms. The van der Waals surface area contributed by atoms with E-state index < -0.39 is 23.8 Å². The molecule has 1 aromatic carbocycles. The smallest absolute Gasteiger partial charge is 0.244 e. The highest BCUT2D eigenvalue weighted by molar-refractivity contribution is 5.95. The summed E-state index contributed by atoms with van der Waals surface area (Å²) in [6.45, 7) is -0.264. The molecule has 130 valence electrons. The Hall–Kier alpha value is -3.35. The van der Waals surface area contributed by atoms with Gasteiger partial charge in [-0.25, -0.2) is 0 Å². The lowest BCUT2D eigenvalue weighted by Gasteiger charge is -2.15. The Morgan fingerprint density at radius 1 is 1.12 bits per heavy atom. The van der Waals surface area contributed by atoms with Gasteiger partial charge in [0, 0.05) is 12.5 Å². The van der Waals surface area contributed by atoms with E-state index in [2.05, 4.69) is 10.6 Å². The number of carbonyl (C=O) groups is 3. The average molecular weight is 341 g/mol. The molecule has 2 aromatic rings. The third-order valence-electron chi connectivity index (χ3n) is 3.33. The fraction of sp³-hybridized carbons (Fsp3) is 0.167. The maximum Gasteiger partial charge on any atom is 0.244 e. The van der Waals surface area contributed by atoms with Gasteiger partial charge in [0.1, 0.15) is 11.8 Å². The Morgan fingerprint density at radius 2 is 1.88 bits per heavy atom. The van der Waals surface area contributed by atoms with Crippen LogP contribution in [0.4, 0.5) is 0 Å². The molecule has 0 fully saturated rings. The number of furan rings is 1. The van der Waals surface area contributed by atoms with Gasteiger partial charge in [0.2, 0.25) is 17.7 Å². The number of benzene rings is 1. The van der Waals surface area contributed by atoms with Crippen molar-refractivity contribution < 1.29 is 18.8 Å². The molecule has 0 saturated heterocycles. The third kappa shape index (κ3) is 6.34. The lowest BCUT2D eigenvalue weighted by Crippen LogP contribution is -2.48. The van der Waals surface area contributed by atoms with E-state index >= 15 is 0 Å². The summed E-state index contributed by atoms with van der Waals surface area (Å²) in [6.07, 6.45) is 4.51. The van der Waals surface area contributed by atoms with Gasteiger partial charge in [-0.1, -0.05) is 30.3 Å². The second-order valence-electron chi connectivity index (χ2n) is 5.28. The van der Waals surface area contributed by atoms with Crippen LogP contribution >= 0.6 is 0 Å². The highest BCUT2D eigenvalue weighted by Gasteiger charge is 2.18. The molecule has 1 aromatic heterocycles. The van der Waals surface area contributed by atoms with Crippen LogP contribution in [0.1, 0.15) is 11.3 Å². The number of nitrogens with one attached hydrogen (secondary N) is 2. The van der Waals surface area contributed by atoms with Gasteiger partial charge in [0.25, 0.3) is 0 Å². The molecule has 1 atom stereocenters. The van der Waals surface area contributed by atoms with E-state index in [1.807, 2.05) is 30.3 Å². The number of hydrogen-bond acceptors (Lipinski definition) is 4. The monoisotopic (exact) mass is 341 g/mol. The van der Waals surface area contributed by atoms with Gasteiger partial charge >= 0.3 is 0 Å². The normalized spacial score (nSPS) is 11.8. The summed E-state index contributed by atoms with van der Waals surface area (Å²) in [5.41, 5.74) is 6.20. The van der Waals surface area contributed by atoms with E-state index in [1.54, 1.807) is 12.1 Å². The van der Waals surface area contributed by atoms with Crippen LogP contribution in [-0.4, -0.2) is 30.3 Å². The first-order valence-electron chi connectivity index (χ1n) is 7.66. The summed E-state index contributed by atoms with van der Waals surface area (Å²) in [7, 11) is 0.